The van der Waals surface area contributed by atoms with E-state index in [4.69, 9.17) is 11.0 Å². The van der Waals surface area contributed by atoms with Gasteiger partial charge in [0.25, 0.3) is 0 Å². The number of hydrogen-bond donors (Lipinski definition) is 1. The van der Waals surface area contributed by atoms with Crippen molar-refractivity contribution >= 4 is 5.69 Å². The van der Waals surface area contributed by atoms with Gasteiger partial charge in [0.05, 0.1) is 11.4 Å². The predicted molar refractivity (Wildman–Crippen MR) is 59.6 cm³/mol. The van der Waals surface area contributed by atoms with Gasteiger partial charge < -0.3 is 10.3 Å². The molecule has 74 valence electrons. The lowest BCUT2D eigenvalue weighted by Crippen LogP contribution is -2.00. The molecule has 2 rings (SSSR count). The van der Waals surface area contributed by atoms with Gasteiger partial charge in [-0.3, -0.25) is 0 Å². The van der Waals surface area contributed by atoms with E-state index in [0.29, 0.717) is 11.4 Å². The van der Waals surface area contributed by atoms with Gasteiger partial charge in [0.1, 0.15) is 11.8 Å². The lowest BCUT2D eigenvalue weighted by atomic mass is 10.2. The number of aryl methyl sites for hydroxylation is 1. The first kappa shape index (κ1) is 9.35. The first-order valence-corrected chi connectivity index (χ1v) is 4.66. The van der Waals surface area contributed by atoms with Crippen LogP contribution in [0.1, 0.15) is 11.3 Å². The fraction of sp³-hybridized carbons (Fsp3) is 0.0833. The maximum atomic E-state index is 8.90. The normalized spacial score (nSPS) is 9.87. The smallest absolute Gasteiger partial charge is 0.124 e. The Labute approximate surface area is 88.4 Å². The Morgan fingerprint density at radius 3 is 2.80 bits per heavy atom. The summed E-state index contributed by atoms with van der Waals surface area (Å²) in [6.45, 7) is 1.99. The summed E-state index contributed by atoms with van der Waals surface area (Å²) in [7, 11) is 0. The second-order valence-corrected chi connectivity index (χ2v) is 3.44. The summed E-state index contributed by atoms with van der Waals surface area (Å²) in [5, 5.41) is 8.90. The Hall–Kier alpha value is -2.21. The Morgan fingerprint density at radius 1 is 1.33 bits per heavy atom. The van der Waals surface area contributed by atoms with Crippen molar-refractivity contribution in [3.05, 3.63) is 47.8 Å². The molecular weight excluding hydrogens is 186 g/mol. The number of rotatable bonds is 1. The van der Waals surface area contributed by atoms with Crippen molar-refractivity contribution in [3.63, 3.8) is 0 Å². The molecule has 3 nitrogen and oxygen atoms in total. The third-order valence-corrected chi connectivity index (χ3v) is 2.31. The van der Waals surface area contributed by atoms with E-state index in [0.717, 1.165) is 11.3 Å². The standard InChI is InChI=1S/C12H11N3/c1-9-4-5-12(11(14)7-9)15-6-2-3-10(15)8-13/h2-7H,14H2,1H3. The summed E-state index contributed by atoms with van der Waals surface area (Å²) in [6, 6.07) is 11.5. The molecule has 0 aliphatic rings. The van der Waals surface area contributed by atoms with Crippen LogP contribution in [-0.4, -0.2) is 4.57 Å². The highest BCUT2D eigenvalue weighted by molar-refractivity contribution is 5.60. The first-order valence-electron chi connectivity index (χ1n) is 4.66. The molecule has 0 spiro atoms. The molecule has 2 N–H and O–H groups in total. The number of benzene rings is 1. The van der Waals surface area contributed by atoms with E-state index in [2.05, 4.69) is 6.07 Å². The average molecular weight is 197 g/mol. The van der Waals surface area contributed by atoms with E-state index in [-0.39, 0.29) is 0 Å². The summed E-state index contributed by atoms with van der Waals surface area (Å²) < 4.78 is 1.79. The van der Waals surface area contributed by atoms with Crippen molar-refractivity contribution in [1.82, 2.24) is 4.57 Å². The molecule has 0 atom stereocenters. The van der Waals surface area contributed by atoms with Crippen molar-refractivity contribution in [1.29, 1.82) is 5.26 Å². The molecule has 0 aliphatic carbocycles. The van der Waals surface area contributed by atoms with Crippen LogP contribution in [-0.2, 0) is 0 Å². The monoisotopic (exact) mass is 197 g/mol. The van der Waals surface area contributed by atoms with Crippen molar-refractivity contribution in [3.8, 4) is 11.8 Å². The van der Waals surface area contributed by atoms with Crippen LogP contribution in [0.25, 0.3) is 5.69 Å². The lowest BCUT2D eigenvalue weighted by Gasteiger charge is -2.08. The van der Waals surface area contributed by atoms with Gasteiger partial charge in [0.15, 0.2) is 0 Å². The van der Waals surface area contributed by atoms with Crippen LogP contribution in [0.5, 0.6) is 0 Å². The zero-order chi connectivity index (χ0) is 10.8. The van der Waals surface area contributed by atoms with Crippen LogP contribution in [0.3, 0.4) is 0 Å². The molecular formula is C12H11N3. The van der Waals surface area contributed by atoms with E-state index in [1.165, 1.54) is 0 Å². The Bertz CT molecular complexity index is 532. The highest BCUT2D eigenvalue weighted by atomic mass is 15.0. The highest BCUT2D eigenvalue weighted by Gasteiger charge is 2.05. The van der Waals surface area contributed by atoms with E-state index in [1.54, 1.807) is 10.6 Å². The quantitative estimate of drug-likeness (QED) is 0.713. The molecule has 2 aromatic rings. The van der Waals surface area contributed by atoms with E-state index in [9.17, 15) is 0 Å². The molecule has 0 unspecified atom stereocenters. The van der Waals surface area contributed by atoms with E-state index >= 15 is 0 Å². The van der Waals surface area contributed by atoms with Gasteiger partial charge in [0.2, 0.25) is 0 Å². The molecule has 0 saturated carbocycles. The molecule has 1 heterocycles. The molecule has 1 aromatic heterocycles. The Kier molecular flexibility index (Phi) is 2.18. The maximum Gasteiger partial charge on any atom is 0.124 e. The van der Waals surface area contributed by atoms with Crippen molar-refractivity contribution in [2.45, 2.75) is 6.92 Å². The molecule has 1 aromatic carbocycles. The third-order valence-electron chi connectivity index (χ3n) is 2.31. The third kappa shape index (κ3) is 1.57. The molecule has 0 fully saturated rings. The summed E-state index contributed by atoms with van der Waals surface area (Å²) in [5.74, 6) is 0. The molecule has 15 heavy (non-hydrogen) atoms. The Morgan fingerprint density at radius 2 is 2.13 bits per heavy atom. The Balaban J connectivity index is 2.60. The van der Waals surface area contributed by atoms with Gasteiger partial charge in [0, 0.05) is 6.20 Å². The zero-order valence-corrected chi connectivity index (χ0v) is 8.44. The van der Waals surface area contributed by atoms with E-state index in [1.807, 2.05) is 37.4 Å². The number of nitrogen functional groups attached to an aromatic ring is 1. The number of nitrogens with zero attached hydrogens (tertiary/aromatic N) is 2. The van der Waals surface area contributed by atoms with Crippen molar-refractivity contribution in [2.24, 2.45) is 0 Å². The molecule has 0 saturated heterocycles. The molecule has 0 aliphatic heterocycles. The summed E-state index contributed by atoms with van der Waals surface area (Å²) in [5.41, 5.74) is 9.14. The second-order valence-electron chi connectivity index (χ2n) is 3.44. The summed E-state index contributed by atoms with van der Waals surface area (Å²) in [4.78, 5) is 0. The average Bonchev–Trinajstić information content (AvgIpc) is 2.65. The van der Waals surface area contributed by atoms with Gasteiger partial charge in [-0.25, -0.2) is 0 Å². The number of hydrogen-bond acceptors (Lipinski definition) is 2. The summed E-state index contributed by atoms with van der Waals surface area (Å²) in [6.07, 6.45) is 1.83. The fourth-order valence-corrected chi connectivity index (χ4v) is 1.58. The molecule has 0 amide bonds. The van der Waals surface area contributed by atoms with Crippen LogP contribution >= 0.6 is 0 Å². The van der Waals surface area contributed by atoms with Crippen LogP contribution < -0.4 is 5.73 Å². The van der Waals surface area contributed by atoms with Crippen LogP contribution in [0.4, 0.5) is 5.69 Å². The van der Waals surface area contributed by atoms with Crippen LogP contribution in [0.15, 0.2) is 36.5 Å². The predicted octanol–water partition coefficient (Wildman–Crippen LogP) is 2.24. The summed E-state index contributed by atoms with van der Waals surface area (Å²) >= 11 is 0. The highest BCUT2D eigenvalue weighted by Crippen LogP contribution is 2.20. The van der Waals surface area contributed by atoms with Gasteiger partial charge in [-0.05, 0) is 36.8 Å². The lowest BCUT2D eigenvalue weighted by molar-refractivity contribution is 1.05. The molecule has 0 radical (unpaired) electrons. The molecule has 0 bridgehead atoms. The number of nitrogens with two attached hydrogens (primary N) is 1. The fourth-order valence-electron chi connectivity index (χ4n) is 1.58. The molecule has 3 heteroatoms. The van der Waals surface area contributed by atoms with Gasteiger partial charge in [-0.2, -0.15) is 5.26 Å². The number of anilines is 1. The second kappa shape index (κ2) is 3.50. The minimum absolute atomic E-state index is 0.588. The SMILES string of the molecule is Cc1ccc(-n2cccc2C#N)c(N)c1. The number of aromatic nitrogens is 1. The minimum atomic E-state index is 0.588. The maximum absolute atomic E-state index is 8.90. The topological polar surface area (TPSA) is 54.7 Å². The van der Waals surface area contributed by atoms with Crippen molar-refractivity contribution < 1.29 is 0 Å². The van der Waals surface area contributed by atoms with Gasteiger partial charge in [-0.1, -0.05) is 6.07 Å². The van der Waals surface area contributed by atoms with Gasteiger partial charge in [-0.15, -0.1) is 0 Å². The number of nitriles is 1. The van der Waals surface area contributed by atoms with Gasteiger partial charge >= 0.3 is 0 Å². The first-order chi connectivity index (χ1) is 7.22. The minimum Gasteiger partial charge on any atom is -0.397 e. The van der Waals surface area contributed by atoms with Crippen LogP contribution in [0.2, 0.25) is 0 Å². The van der Waals surface area contributed by atoms with E-state index < -0.39 is 0 Å². The van der Waals surface area contributed by atoms with Crippen LogP contribution in [0, 0.1) is 18.3 Å². The largest absolute Gasteiger partial charge is 0.397 e. The zero-order valence-electron chi connectivity index (χ0n) is 8.44. The van der Waals surface area contributed by atoms with Crippen molar-refractivity contribution in [2.75, 3.05) is 5.73 Å².